The molecule has 0 heterocycles. The van der Waals surface area contributed by atoms with Gasteiger partial charge >= 0.3 is 43.7 Å². The van der Waals surface area contributed by atoms with Gasteiger partial charge in [-0.2, -0.15) is 0 Å². The van der Waals surface area contributed by atoms with Crippen LogP contribution in [0.4, 0.5) is 0 Å². The fourth-order valence-electron chi connectivity index (χ4n) is 0.329. The molecule has 0 bridgehead atoms. The number of allylic oxidation sites excluding steroid dienone is 2. The molecule has 0 amide bonds. The van der Waals surface area contributed by atoms with Crippen molar-refractivity contribution in [2.75, 3.05) is 0 Å². The minimum atomic E-state index is 0.250. The molecular formula is C5H8BO. The molecule has 0 aliphatic rings. The molecule has 0 saturated carbocycles. The van der Waals surface area contributed by atoms with Crippen LogP contribution in [0, 0.1) is 0 Å². The second kappa shape index (κ2) is 2.62. The van der Waals surface area contributed by atoms with E-state index in [4.69, 9.17) is 12.6 Å². The van der Waals surface area contributed by atoms with Crippen molar-refractivity contribution in [2.24, 2.45) is 0 Å². The molecule has 0 unspecified atom stereocenters. The Labute approximate surface area is 44.7 Å². The maximum atomic E-state index is 8.48. The number of hydrogen-bond acceptors (Lipinski definition) is 1. The van der Waals surface area contributed by atoms with Gasteiger partial charge in [0.1, 0.15) is 0 Å². The predicted molar refractivity (Wildman–Crippen MR) is 32.8 cm³/mol. The monoisotopic (exact) mass is 95.1 g/mol. The summed E-state index contributed by atoms with van der Waals surface area (Å²) in [7, 11) is 5.17. The number of aliphatic hydroxyl groups is 1. The van der Waals surface area contributed by atoms with Crippen LogP contribution in [0.1, 0.15) is 13.8 Å². The normalized spacial score (nSPS) is 11.3. The average Bonchev–Trinajstić information content (AvgIpc) is 1.27. The maximum absolute atomic E-state index is 8.48. The van der Waals surface area contributed by atoms with Crippen LogP contribution in [0.15, 0.2) is 11.8 Å². The van der Waals surface area contributed by atoms with Gasteiger partial charge in [0.25, 0.3) is 0 Å². The summed E-state index contributed by atoms with van der Waals surface area (Å²) in [5, 5.41) is 8.48. The molecule has 0 atom stereocenters. The Morgan fingerprint density at radius 3 is 2.00 bits per heavy atom. The quantitative estimate of drug-likeness (QED) is 0.377. The fourth-order valence-corrected chi connectivity index (χ4v) is 0.329. The first-order chi connectivity index (χ1) is 3.13. The fraction of sp³-hybridized carbons (Fsp3) is 0.400. The molecule has 0 aliphatic heterocycles. The van der Waals surface area contributed by atoms with E-state index in [0.717, 1.165) is 0 Å². The van der Waals surface area contributed by atoms with Gasteiger partial charge in [-0.25, -0.2) is 0 Å². The van der Waals surface area contributed by atoms with Crippen molar-refractivity contribution in [3.05, 3.63) is 11.8 Å². The number of aliphatic hydroxyl groups excluding tert-OH is 1. The van der Waals surface area contributed by atoms with Crippen molar-refractivity contribution in [1.29, 1.82) is 0 Å². The Morgan fingerprint density at radius 1 is 1.57 bits per heavy atom. The number of rotatable bonds is 1. The summed E-state index contributed by atoms with van der Waals surface area (Å²) in [6, 6.07) is 0. The standard InChI is InChI=1S/C5H8BO/c1-4(6)3-5(2)7/h3,7H,1-2H3/b5-3-. The summed E-state index contributed by atoms with van der Waals surface area (Å²) < 4.78 is 0. The molecule has 0 aromatic carbocycles. The minimum absolute atomic E-state index is 0.250. The van der Waals surface area contributed by atoms with Gasteiger partial charge in [-0.15, -0.1) is 0 Å². The van der Waals surface area contributed by atoms with Crippen molar-refractivity contribution < 1.29 is 5.11 Å². The van der Waals surface area contributed by atoms with Gasteiger partial charge in [0.05, 0.1) is 0 Å². The zero-order chi connectivity index (χ0) is 5.86. The van der Waals surface area contributed by atoms with Crippen molar-refractivity contribution in [3.63, 3.8) is 0 Å². The third-order valence-corrected chi connectivity index (χ3v) is 0.437. The number of hydrogen-bond donors (Lipinski definition) is 1. The first-order valence-electron chi connectivity index (χ1n) is 2.09. The van der Waals surface area contributed by atoms with Gasteiger partial charge in [-0.3, -0.25) is 0 Å². The van der Waals surface area contributed by atoms with E-state index in [2.05, 4.69) is 0 Å². The Bertz CT molecular complexity index is 101. The van der Waals surface area contributed by atoms with E-state index in [-0.39, 0.29) is 5.76 Å². The van der Waals surface area contributed by atoms with Crippen LogP contribution in [-0.4, -0.2) is 18.1 Å². The van der Waals surface area contributed by atoms with Gasteiger partial charge in [-0.1, -0.05) is 0 Å². The molecule has 1 radical (unpaired) electrons. The molecule has 0 rings (SSSR count). The van der Waals surface area contributed by atoms with Crippen LogP contribution in [0.3, 0.4) is 0 Å². The second-order valence-corrected chi connectivity index (χ2v) is 1.53. The summed E-state index contributed by atoms with van der Waals surface area (Å²) in [5.74, 6) is 0.250. The zero-order valence-electron chi connectivity index (χ0n) is 4.60. The molecule has 0 aliphatic carbocycles. The first kappa shape index (κ1) is 6.47. The molecule has 7 heavy (non-hydrogen) atoms. The third-order valence-electron chi connectivity index (χ3n) is 0.437. The Hall–Kier alpha value is -0.525. The third kappa shape index (κ3) is 5.47. The zero-order valence-corrected chi connectivity index (χ0v) is 4.60. The Balaban J connectivity index is 3.68. The van der Waals surface area contributed by atoms with E-state index in [1.54, 1.807) is 13.8 Å². The second-order valence-electron chi connectivity index (χ2n) is 1.53. The Kier molecular flexibility index (Phi) is 2.42. The topological polar surface area (TPSA) is 20.2 Å². The van der Waals surface area contributed by atoms with Crippen molar-refractivity contribution >= 4 is 13.0 Å². The summed E-state index contributed by atoms with van der Waals surface area (Å²) in [6.07, 6.45) is 1.50. The molecular weight excluding hydrogens is 86.9 g/mol. The summed E-state index contributed by atoms with van der Waals surface area (Å²) >= 11 is 0. The summed E-state index contributed by atoms with van der Waals surface area (Å²) in [6.45, 7) is 3.30. The van der Waals surface area contributed by atoms with Gasteiger partial charge in [0, 0.05) is 0 Å². The van der Waals surface area contributed by atoms with Gasteiger partial charge in [0.2, 0.25) is 0 Å². The summed E-state index contributed by atoms with van der Waals surface area (Å²) in [4.78, 5) is 0. The van der Waals surface area contributed by atoms with Crippen LogP contribution in [0.5, 0.6) is 0 Å². The van der Waals surface area contributed by atoms with E-state index in [0.29, 0.717) is 5.46 Å². The van der Waals surface area contributed by atoms with Gasteiger partial charge in [0.15, 0.2) is 0 Å². The van der Waals surface area contributed by atoms with Crippen molar-refractivity contribution in [2.45, 2.75) is 13.8 Å². The molecule has 0 spiro atoms. The molecule has 0 aromatic heterocycles. The van der Waals surface area contributed by atoms with Crippen LogP contribution >= 0.6 is 0 Å². The van der Waals surface area contributed by atoms with Crippen LogP contribution < -0.4 is 0 Å². The molecule has 0 fully saturated rings. The van der Waals surface area contributed by atoms with E-state index in [1.165, 1.54) is 6.08 Å². The SMILES string of the molecule is [B]=C(C)/C=C(/C)O. The van der Waals surface area contributed by atoms with E-state index in [1.807, 2.05) is 0 Å². The molecule has 2 heteroatoms. The van der Waals surface area contributed by atoms with Crippen molar-refractivity contribution in [1.82, 2.24) is 0 Å². The van der Waals surface area contributed by atoms with Crippen LogP contribution in [0.2, 0.25) is 0 Å². The van der Waals surface area contributed by atoms with E-state index >= 15 is 0 Å². The Morgan fingerprint density at radius 2 is 2.00 bits per heavy atom. The average molecular weight is 94.9 g/mol. The van der Waals surface area contributed by atoms with Gasteiger partial charge < -0.3 is 0 Å². The van der Waals surface area contributed by atoms with Crippen molar-refractivity contribution in [3.8, 4) is 0 Å². The van der Waals surface area contributed by atoms with Gasteiger partial charge in [-0.05, 0) is 0 Å². The molecule has 37 valence electrons. The molecule has 1 nitrogen and oxygen atoms in total. The molecule has 0 aromatic rings. The summed E-state index contributed by atoms with van der Waals surface area (Å²) in [5.41, 5.74) is 0.625. The first-order valence-corrected chi connectivity index (χ1v) is 2.09. The van der Waals surface area contributed by atoms with Crippen LogP contribution in [0.25, 0.3) is 0 Å². The predicted octanol–water partition coefficient (Wildman–Crippen LogP) is 0.809. The van der Waals surface area contributed by atoms with Crippen LogP contribution in [-0.2, 0) is 0 Å². The van der Waals surface area contributed by atoms with E-state index in [9.17, 15) is 0 Å². The molecule has 1 N–H and O–H groups in total. The molecule has 0 saturated heterocycles. The van der Waals surface area contributed by atoms with E-state index < -0.39 is 0 Å².